The average molecular weight is 222 g/mol. The molecule has 1 saturated heterocycles. The highest BCUT2D eigenvalue weighted by molar-refractivity contribution is 8.15. The predicted molar refractivity (Wildman–Crippen MR) is 59.9 cm³/mol. The Kier molecular flexibility index (Phi) is 2.64. The molecule has 0 aliphatic carbocycles. The van der Waals surface area contributed by atoms with Crippen LogP contribution in [0.25, 0.3) is 0 Å². The Hall–Kier alpha value is -1.49. The van der Waals surface area contributed by atoms with Crippen molar-refractivity contribution in [1.82, 2.24) is 5.32 Å². The number of nitrogens with zero attached hydrogens (tertiary/aromatic N) is 1. The van der Waals surface area contributed by atoms with Crippen LogP contribution in [0, 0.1) is 0 Å². The second-order valence-electron chi connectivity index (χ2n) is 3.07. The van der Waals surface area contributed by atoms with Crippen molar-refractivity contribution in [1.29, 1.82) is 0 Å². The minimum Gasteiger partial charge on any atom is -0.508 e. The Labute approximate surface area is 91.4 Å². The van der Waals surface area contributed by atoms with Crippen LogP contribution in [0.4, 0.5) is 0 Å². The van der Waals surface area contributed by atoms with Gasteiger partial charge in [-0.3, -0.25) is 9.79 Å². The summed E-state index contributed by atoms with van der Waals surface area (Å²) in [7, 11) is 1.62. The Morgan fingerprint density at radius 2 is 2.20 bits per heavy atom. The number of carbonyl (C=O) groups excluding carboxylic acids is 1. The van der Waals surface area contributed by atoms with Crippen LogP contribution < -0.4 is 5.32 Å². The number of amides is 1. The SMILES string of the molecule is CN=C1NC(=O)[C@@H](c2ccccc2O)S1. The predicted octanol–water partition coefficient (Wildman–Crippen LogP) is 1.28. The smallest absolute Gasteiger partial charge is 0.244 e. The van der Waals surface area contributed by atoms with E-state index in [9.17, 15) is 9.90 Å². The molecule has 0 unspecified atom stereocenters. The summed E-state index contributed by atoms with van der Waals surface area (Å²) in [5.74, 6) is 0.00426. The van der Waals surface area contributed by atoms with Crippen LogP contribution in [-0.4, -0.2) is 23.2 Å². The maximum absolute atomic E-state index is 11.6. The van der Waals surface area contributed by atoms with Gasteiger partial charge in [-0.15, -0.1) is 0 Å². The number of benzene rings is 1. The van der Waals surface area contributed by atoms with Crippen molar-refractivity contribution >= 4 is 22.8 Å². The first-order valence-corrected chi connectivity index (χ1v) is 5.32. The number of nitrogens with one attached hydrogen (secondary N) is 1. The van der Waals surface area contributed by atoms with Gasteiger partial charge in [0.25, 0.3) is 0 Å². The lowest BCUT2D eigenvalue weighted by Crippen LogP contribution is -2.21. The third-order valence-electron chi connectivity index (χ3n) is 2.12. The normalized spacial score (nSPS) is 23.1. The first-order valence-electron chi connectivity index (χ1n) is 4.44. The third-order valence-corrected chi connectivity index (χ3v) is 3.33. The summed E-state index contributed by atoms with van der Waals surface area (Å²) in [5.41, 5.74) is 0.624. The zero-order chi connectivity index (χ0) is 10.8. The minimum atomic E-state index is -0.398. The van der Waals surface area contributed by atoms with Gasteiger partial charge >= 0.3 is 0 Å². The lowest BCUT2D eigenvalue weighted by molar-refractivity contribution is -0.118. The maximum atomic E-state index is 11.6. The van der Waals surface area contributed by atoms with E-state index in [4.69, 9.17) is 0 Å². The Morgan fingerprint density at radius 1 is 1.47 bits per heavy atom. The molecule has 4 nitrogen and oxygen atoms in total. The first kappa shape index (κ1) is 10.0. The number of phenols is 1. The van der Waals surface area contributed by atoms with Crippen LogP contribution in [0.15, 0.2) is 29.3 Å². The first-order chi connectivity index (χ1) is 7.22. The van der Waals surface area contributed by atoms with Crippen molar-refractivity contribution in [3.63, 3.8) is 0 Å². The van der Waals surface area contributed by atoms with Gasteiger partial charge in [-0.1, -0.05) is 30.0 Å². The lowest BCUT2D eigenvalue weighted by Gasteiger charge is -2.07. The summed E-state index contributed by atoms with van der Waals surface area (Å²) in [5, 5.41) is 12.4. The molecule has 1 aromatic rings. The van der Waals surface area contributed by atoms with E-state index >= 15 is 0 Å². The van der Waals surface area contributed by atoms with Gasteiger partial charge in [-0.05, 0) is 6.07 Å². The third kappa shape index (κ3) is 1.83. The van der Waals surface area contributed by atoms with Gasteiger partial charge in [-0.25, -0.2) is 0 Å². The Morgan fingerprint density at radius 3 is 2.80 bits per heavy atom. The second kappa shape index (κ2) is 3.94. The molecule has 1 aliphatic rings. The molecule has 78 valence electrons. The van der Waals surface area contributed by atoms with Crippen LogP contribution in [0.2, 0.25) is 0 Å². The van der Waals surface area contributed by atoms with Gasteiger partial charge < -0.3 is 10.4 Å². The average Bonchev–Trinajstić information content (AvgIpc) is 2.60. The van der Waals surface area contributed by atoms with Crippen molar-refractivity contribution < 1.29 is 9.90 Å². The summed E-state index contributed by atoms with van der Waals surface area (Å²) in [6.07, 6.45) is 0. The molecule has 1 amide bonds. The standard InChI is InChI=1S/C10H10N2O2S/c1-11-10-12-9(14)8(15-10)6-4-2-3-5-7(6)13/h2-5,8,13H,1H3,(H,11,12,14)/t8-/m1/s1. The van der Waals surface area contributed by atoms with E-state index < -0.39 is 5.25 Å². The van der Waals surface area contributed by atoms with Gasteiger partial charge in [0, 0.05) is 12.6 Å². The summed E-state index contributed by atoms with van der Waals surface area (Å²) in [6, 6.07) is 6.84. The molecular formula is C10H10N2O2S. The number of hydrogen-bond acceptors (Lipinski definition) is 4. The van der Waals surface area contributed by atoms with E-state index in [1.807, 2.05) is 0 Å². The quantitative estimate of drug-likeness (QED) is 0.752. The molecule has 1 fully saturated rings. The Balaban J connectivity index is 2.33. The number of aromatic hydroxyl groups is 1. The molecule has 0 radical (unpaired) electrons. The number of thioether (sulfide) groups is 1. The highest BCUT2D eigenvalue weighted by atomic mass is 32.2. The van der Waals surface area contributed by atoms with E-state index in [2.05, 4.69) is 10.3 Å². The van der Waals surface area contributed by atoms with Crippen LogP contribution in [-0.2, 0) is 4.79 Å². The van der Waals surface area contributed by atoms with Gasteiger partial charge in [0.15, 0.2) is 5.17 Å². The van der Waals surface area contributed by atoms with E-state index in [-0.39, 0.29) is 11.7 Å². The summed E-state index contributed by atoms with van der Waals surface area (Å²) >= 11 is 1.32. The molecule has 0 saturated carbocycles. The van der Waals surface area contributed by atoms with Crippen molar-refractivity contribution in [3.8, 4) is 5.75 Å². The van der Waals surface area contributed by atoms with Crippen LogP contribution in [0.3, 0.4) is 0 Å². The topological polar surface area (TPSA) is 61.7 Å². The summed E-state index contributed by atoms with van der Waals surface area (Å²) in [6.45, 7) is 0. The molecule has 2 rings (SSSR count). The zero-order valence-corrected chi connectivity index (χ0v) is 8.91. The van der Waals surface area contributed by atoms with Crippen molar-refractivity contribution in [2.24, 2.45) is 4.99 Å². The van der Waals surface area contributed by atoms with Crippen LogP contribution >= 0.6 is 11.8 Å². The lowest BCUT2D eigenvalue weighted by atomic mass is 10.1. The molecule has 2 N–H and O–H groups in total. The van der Waals surface area contributed by atoms with E-state index in [1.165, 1.54) is 11.8 Å². The van der Waals surface area contributed by atoms with Gasteiger partial charge in [0.05, 0.1) is 0 Å². The maximum Gasteiger partial charge on any atom is 0.244 e. The molecule has 0 aromatic heterocycles. The monoisotopic (exact) mass is 222 g/mol. The van der Waals surface area contributed by atoms with E-state index in [1.54, 1.807) is 31.3 Å². The summed E-state index contributed by atoms with van der Waals surface area (Å²) in [4.78, 5) is 15.5. The molecule has 0 spiro atoms. The van der Waals surface area contributed by atoms with Crippen molar-refractivity contribution in [2.45, 2.75) is 5.25 Å². The molecule has 1 heterocycles. The molecule has 1 aliphatic heterocycles. The van der Waals surface area contributed by atoms with Gasteiger partial charge in [0.1, 0.15) is 11.0 Å². The van der Waals surface area contributed by atoms with E-state index in [0.717, 1.165) is 0 Å². The number of amidine groups is 1. The van der Waals surface area contributed by atoms with Crippen molar-refractivity contribution in [2.75, 3.05) is 7.05 Å². The molecule has 5 heteroatoms. The number of hydrogen-bond donors (Lipinski definition) is 2. The van der Waals surface area contributed by atoms with Gasteiger partial charge in [-0.2, -0.15) is 0 Å². The number of para-hydroxylation sites is 1. The fraction of sp³-hybridized carbons (Fsp3) is 0.200. The summed E-state index contributed by atoms with van der Waals surface area (Å²) < 4.78 is 0. The fourth-order valence-corrected chi connectivity index (χ4v) is 2.37. The highest BCUT2D eigenvalue weighted by Crippen LogP contribution is 2.38. The van der Waals surface area contributed by atoms with Crippen LogP contribution in [0.5, 0.6) is 5.75 Å². The molecule has 1 atom stereocenters. The number of phenolic OH excluding ortho intramolecular Hbond substituents is 1. The largest absolute Gasteiger partial charge is 0.508 e. The van der Waals surface area contributed by atoms with Crippen LogP contribution in [0.1, 0.15) is 10.8 Å². The van der Waals surface area contributed by atoms with Gasteiger partial charge in [0.2, 0.25) is 5.91 Å². The molecule has 1 aromatic carbocycles. The fourth-order valence-electron chi connectivity index (χ4n) is 1.39. The minimum absolute atomic E-state index is 0.137. The molecule has 15 heavy (non-hydrogen) atoms. The van der Waals surface area contributed by atoms with Crippen molar-refractivity contribution in [3.05, 3.63) is 29.8 Å². The van der Waals surface area contributed by atoms with E-state index in [0.29, 0.717) is 10.7 Å². The zero-order valence-electron chi connectivity index (χ0n) is 8.10. The number of carbonyl (C=O) groups is 1. The number of aliphatic imine (C=N–C) groups is 1. The highest BCUT2D eigenvalue weighted by Gasteiger charge is 2.32. The number of rotatable bonds is 1. The second-order valence-corrected chi connectivity index (χ2v) is 4.17. The Bertz CT molecular complexity index is 431. The molecular weight excluding hydrogens is 212 g/mol. The molecule has 0 bridgehead atoms.